The Hall–Kier alpha value is -0.410. The van der Waals surface area contributed by atoms with Crippen LogP contribution in [-0.4, -0.2) is 45.7 Å². The molecule has 0 aliphatic carbocycles. The van der Waals surface area contributed by atoms with Gasteiger partial charge in [-0.2, -0.15) is 4.31 Å². The van der Waals surface area contributed by atoms with Gasteiger partial charge in [0, 0.05) is 23.7 Å². The van der Waals surface area contributed by atoms with E-state index in [1.54, 1.807) is 0 Å². The van der Waals surface area contributed by atoms with Crippen LogP contribution in [0.15, 0.2) is 17.0 Å². The monoisotopic (exact) mass is 375 g/mol. The number of benzene rings is 1. The number of rotatable bonds is 3. The molecule has 0 atom stereocenters. The first-order valence-electron chi connectivity index (χ1n) is 5.92. The summed E-state index contributed by atoms with van der Waals surface area (Å²) in [6, 6.07) is 2.26. The predicted octanol–water partition coefficient (Wildman–Crippen LogP) is 1.64. The lowest BCUT2D eigenvalue weighted by molar-refractivity contribution is 0.426. The van der Waals surface area contributed by atoms with Crippen molar-refractivity contribution in [1.29, 1.82) is 0 Å². The standard InChI is InChI=1S/C11H12Cl2FNO4S2/c12-7-8-5-9(13)6-10(11(8)14)21(18,19)15-1-3-20(16,17)4-2-15/h5-6H,1-4,7H2. The predicted molar refractivity (Wildman–Crippen MR) is 78.4 cm³/mol. The van der Waals surface area contributed by atoms with Crippen molar-refractivity contribution in [3.05, 3.63) is 28.5 Å². The minimum Gasteiger partial charge on any atom is -0.229 e. The third-order valence-corrected chi connectivity index (χ3v) is 7.16. The SMILES string of the molecule is O=S1(=O)CCN(S(=O)(=O)c2cc(Cl)cc(CCl)c2F)CC1. The van der Waals surface area contributed by atoms with Gasteiger partial charge in [0.15, 0.2) is 9.84 Å². The molecular weight excluding hydrogens is 364 g/mol. The molecule has 0 bridgehead atoms. The van der Waals surface area contributed by atoms with Crippen LogP contribution in [0.4, 0.5) is 4.39 Å². The Morgan fingerprint density at radius 1 is 1.24 bits per heavy atom. The summed E-state index contributed by atoms with van der Waals surface area (Å²) in [5, 5.41) is 0.0512. The molecule has 5 nitrogen and oxygen atoms in total. The van der Waals surface area contributed by atoms with Crippen molar-refractivity contribution in [2.45, 2.75) is 10.8 Å². The van der Waals surface area contributed by atoms with Crippen LogP contribution in [-0.2, 0) is 25.7 Å². The van der Waals surface area contributed by atoms with E-state index in [9.17, 15) is 21.2 Å². The van der Waals surface area contributed by atoms with E-state index >= 15 is 0 Å². The summed E-state index contributed by atoms with van der Waals surface area (Å²) in [4.78, 5) is -0.579. The molecule has 118 valence electrons. The molecule has 10 heteroatoms. The van der Waals surface area contributed by atoms with Gasteiger partial charge >= 0.3 is 0 Å². The van der Waals surface area contributed by atoms with Crippen molar-refractivity contribution in [2.75, 3.05) is 24.6 Å². The summed E-state index contributed by atoms with van der Waals surface area (Å²) < 4.78 is 62.7. The average molecular weight is 376 g/mol. The van der Waals surface area contributed by atoms with Crippen molar-refractivity contribution in [3.63, 3.8) is 0 Å². The highest BCUT2D eigenvalue weighted by Crippen LogP contribution is 2.28. The summed E-state index contributed by atoms with van der Waals surface area (Å²) in [5.74, 6) is -1.74. The summed E-state index contributed by atoms with van der Waals surface area (Å²) >= 11 is 11.3. The first-order valence-corrected chi connectivity index (χ1v) is 10.1. The van der Waals surface area contributed by atoms with Crippen LogP contribution in [0.25, 0.3) is 0 Å². The van der Waals surface area contributed by atoms with Gasteiger partial charge in [-0.15, -0.1) is 11.6 Å². The molecule has 0 unspecified atom stereocenters. The van der Waals surface area contributed by atoms with E-state index in [4.69, 9.17) is 23.2 Å². The van der Waals surface area contributed by atoms with Crippen molar-refractivity contribution >= 4 is 43.1 Å². The third-order valence-electron chi connectivity index (χ3n) is 3.14. The fourth-order valence-electron chi connectivity index (χ4n) is 1.98. The molecule has 1 aromatic rings. The van der Waals surface area contributed by atoms with Crippen LogP contribution in [0.5, 0.6) is 0 Å². The molecule has 0 radical (unpaired) electrons. The summed E-state index contributed by atoms with van der Waals surface area (Å²) in [7, 11) is -7.38. The fraction of sp³-hybridized carbons (Fsp3) is 0.455. The number of halogens is 3. The van der Waals surface area contributed by atoms with E-state index in [-0.39, 0.29) is 41.1 Å². The van der Waals surface area contributed by atoms with Gasteiger partial charge in [-0.1, -0.05) is 11.6 Å². The number of hydrogen-bond acceptors (Lipinski definition) is 4. The molecule has 1 heterocycles. The largest absolute Gasteiger partial charge is 0.246 e. The Balaban J connectivity index is 2.43. The second kappa shape index (κ2) is 6.00. The molecule has 0 spiro atoms. The number of hydrogen-bond donors (Lipinski definition) is 0. The van der Waals surface area contributed by atoms with Crippen molar-refractivity contribution < 1.29 is 21.2 Å². The molecule has 1 fully saturated rings. The van der Waals surface area contributed by atoms with Gasteiger partial charge in [-0.3, -0.25) is 0 Å². The molecular formula is C11H12Cl2FNO4S2. The molecule has 1 saturated heterocycles. The lowest BCUT2D eigenvalue weighted by Gasteiger charge is -2.26. The zero-order chi connectivity index (χ0) is 15.8. The quantitative estimate of drug-likeness (QED) is 0.752. The van der Waals surface area contributed by atoms with Crippen LogP contribution in [0.1, 0.15) is 5.56 Å². The minimum absolute atomic E-state index is 0.0210. The molecule has 0 aromatic heterocycles. The molecule has 21 heavy (non-hydrogen) atoms. The normalized spacial score (nSPS) is 19.6. The summed E-state index contributed by atoms with van der Waals surface area (Å²) in [6.07, 6.45) is 0. The molecule has 1 aromatic carbocycles. The smallest absolute Gasteiger partial charge is 0.229 e. The molecule has 2 rings (SSSR count). The van der Waals surface area contributed by atoms with Crippen molar-refractivity contribution in [2.24, 2.45) is 0 Å². The highest BCUT2D eigenvalue weighted by atomic mass is 35.5. The number of alkyl halides is 1. The van der Waals surface area contributed by atoms with Crippen LogP contribution in [0, 0.1) is 5.82 Å². The third kappa shape index (κ3) is 3.50. The number of sulfonamides is 1. The van der Waals surface area contributed by atoms with Crippen LogP contribution >= 0.6 is 23.2 Å². The van der Waals surface area contributed by atoms with E-state index in [2.05, 4.69) is 0 Å². The summed E-state index contributed by atoms with van der Waals surface area (Å²) in [6.45, 7) is -0.403. The molecule has 0 N–H and O–H groups in total. The van der Waals surface area contributed by atoms with Gasteiger partial charge in [-0.05, 0) is 12.1 Å². The van der Waals surface area contributed by atoms with Gasteiger partial charge < -0.3 is 0 Å². The Morgan fingerprint density at radius 3 is 2.33 bits per heavy atom. The fourth-order valence-corrected chi connectivity index (χ4v) is 5.49. The highest BCUT2D eigenvalue weighted by Gasteiger charge is 2.33. The van der Waals surface area contributed by atoms with Crippen LogP contribution in [0.2, 0.25) is 5.02 Å². The van der Waals surface area contributed by atoms with E-state index in [0.717, 1.165) is 10.4 Å². The molecule has 0 amide bonds. The van der Waals surface area contributed by atoms with Crippen LogP contribution < -0.4 is 0 Å². The van der Waals surface area contributed by atoms with Crippen LogP contribution in [0.3, 0.4) is 0 Å². The maximum absolute atomic E-state index is 14.2. The summed E-state index contributed by atoms with van der Waals surface area (Å²) in [5.41, 5.74) is -0.0210. The van der Waals surface area contributed by atoms with Gasteiger partial charge in [-0.25, -0.2) is 21.2 Å². The van der Waals surface area contributed by atoms with E-state index in [1.807, 2.05) is 0 Å². The van der Waals surface area contributed by atoms with Gasteiger partial charge in [0.1, 0.15) is 10.7 Å². The van der Waals surface area contributed by atoms with Gasteiger partial charge in [0.2, 0.25) is 10.0 Å². The Labute approximate surface area is 132 Å². The first kappa shape index (κ1) is 17.0. The topological polar surface area (TPSA) is 71.5 Å². The average Bonchev–Trinajstić information content (AvgIpc) is 2.40. The lowest BCUT2D eigenvalue weighted by atomic mass is 10.2. The van der Waals surface area contributed by atoms with Gasteiger partial charge in [0.25, 0.3) is 0 Å². The lowest BCUT2D eigenvalue weighted by Crippen LogP contribution is -2.43. The highest BCUT2D eigenvalue weighted by molar-refractivity contribution is 7.92. The Morgan fingerprint density at radius 2 is 1.81 bits per heavy atom. The zero-order valence-electron chi connectivity index (χ0n) is 10.7. The van der Waals surface area contributed by atoms with E-state index in [0.29, 0.717) is 0 Å². The number of nitrogens with zero attached hydrogens (tertiary/aromatic N) is 1. The van der Waals surface area contributed by atoms with Crippen molar-refractivity contribution in [1.82, 2.24) is 4.31 Å². The molecule has 1 aliphatic rings. The van der Waals surface area contributed by atoms with Crippen molar-refractivity contribution in [3.8, 4) is 0 Å². The van der Waals surface area contributed by atoms with E-state index < -0.39 is 30.6 Å². The van der Waals surface area contributed by atoms with Gasteiger partial charge in [0.05, 0.1) is 17.4 Å². The maximum Gasteiger partial charge on any atom is 0.246 e. The molecule has 1 aliphatic heterocycles. The first-order chi connectivity index (χ1) is 9.67. The second-order valence-electron chi connectivity index (χ2n) is 4.57. The molecule has 0 saturated carbocycles. The Kier molecular flexibility index (Phi) is 4.84. The minimum atomic E-state index is -4.15. The Bertz CT molecular complexity index is 751. The van der Waals surface area contributed by atoms with E-state index in [1.165, 1.54) is 6.07 Å². The zero-order valence-corrected chi connectivity index (χ0v) is 13.9. The number of sulfone groups is 1. The maximum atomic E-state index is 14.2. The second-order valence-corrected chi connectivity index (χ2v) is 9.48.